The summed E-state index contributed by atoms with van der Waals surface area (Å²) in [6.45, 7) is 0. The zero-order chi connectivity index (χ0) is 15.6. The van der Waals surface area contributed by atoms with E-state index < -0.39 is 11.9 Å². The van der Waals surface area contributed by atoms with Crippen LogP contribution in [0.3, 0.4) is 0 Å². The molecule has 108 valence electrons. The van der Waals surface area contributed by atoms with Crippen molar-refractivity contribution >= 4 is 61.0 Å². The smallest absolute Gasteiger partial charge is 0.337 e. The molecule has 4 nitrogen and oxygen atoms in total. The van der Waals surface area contributed by atoms with Crippen molar-refractivity contribution in [3.05, 3.63) is 61.5 Å². The number of halogens is 3. The molecule has 0 fully saturated rings. The van der Waals surface area contributed by atoms with Gasteiger partial charge in [-0.1, -0.05) is 33.6 Å². The number of aromatic carboxylic acids is 1. The molecule has 0 atom stereocenters. The van der Waals surface area contributed by atoms with Gasteiger partial charge < -0.3 is 10.4 Å². The van der Waals surface area contributed by atoms with Gasteiger partial charge in [0.2, 0.25) is 0 Å². The van der Waals surface area contributed by atoms with Crippen molar-refractivity contribution in [2.45, 2.75) is 0 Å². The van der Waals surface area contributed by atoms with Gasteiger partial charge >= 0.3 is 5.97 Å². The zero-order valence-corrected chi connectivity index (χ0v) is 14.3. The predicted octanol–water partition coefficient (Wildman–Crippen LogP) is 4.82. The Morgan fingerprint density at radius 1 is 1.10 bits per heavy atom. The summed E-state index contributed by atoms with van der Waals surface area (Å²) in [5.74, 6) is -1.63. The summed E-state index contributed by atoms with van der Waals surface area (Å²) in [5.41, 5.74) is 0.367. The standard InChI is InChI=1S/C14H8Br2ClNO3/c15-7-4-5-10(16)9(6-7)13(19)18-12-8(14(20)21)2-1-3-11(12)17/h1-6H,(H,18,19)(H,20,21). The van der Waals surface area contributed by atoms with E-state index in [9.17, 15) is 9.59 Å². The fourth-order valence-corrected chi connectivity index (χ4v) is 2.69. The molecular weight excluding hydrogens is 425 g/mol. The normalized spacial score (nSPS) is 10.2. The van der Waals surface area contributed by atoms with Crippen molar-refractivity contribution in [1.82, 2.24) is 0 Å². The molecule has 2 N–H and O–H groups in total. The third kappa shape index (κ3) is 3.64. The highest BCUT2D eigenvalue weighted by molar-refractivity contribution is 9.11. The van der Waals surface area contributed by atoms with Crippen LogP contribution in [0.2, 0.25) is 5.02 Å². The summed E-state index contributed by atoms with van der Waals surface area (Å²) in [5, 5.41) is 11.8. The van der Waals surface area contributed by atoms with Gasteiger partial charge in [0.15, 0.2) is 0 Å². The van der Waals surface area contributed by atoms with Gasteiger partial charge in [0, 0.05) is 8.95 Å². The topological polar surface area (TPSA) is 66.4 Å². The number of nitrogens with one attached hydrogen (secondary N) is 1. The van der Waals surface area contributed by atoms with E-state index in [0.717, 1.165) is 4.47 Å². The number of para-hydroxylation sites is 1. The van der Waals surface area contributed by atoms with Crippen LogP contribution in [0.4, 0.5) is 5.69 Å². The fourth-order valence-electron chi connectivity index (χ4n) is 1.68. The quantitative estimate of drug-likeness (QED) is 0.730. The molecule has 0 aliphatic carbocycles. The van der Waals surface area contributed by atoms with E-state index in [1.807, 2.05) is 0 Å². The first-order valence-electron chi connectivity index (χ1n) is 5.68. The number of carbonyl (C=O) groups excluding carboxylic acids is 1. The Hall–Kier alpha value is -1.37. The van der Waals surface area contributed by atoms with Gasteiger partial charge in [-0.15, -0.1) is 0 Å². The molecule has 2 rings (SSSR count). The van der Waals surface area contributed by atoms with Crippen LogP contribution >= 0.6 is 43.5 Å². The molecular formula is C14H8Br2ClNO3. The molecule has 2 aromatic carbocycles. The highest BCUT2D eigenvalue weighted by atomic mass is 79.9. The van der Waals surface area contributed by atoms with Crippen LogP contribution in [0.25, 0.3) is 0 Å². The van der Waals surface area contributed by atoms with Crippen molar-refractivity contribution in [2.75, 3.05) is 5.32 Å². The van der Waals surface area contributed by atoms with E-state index in [0.29, 0.717) is 10.0 Å². The third-order valence-electron chi connectivity index (χ3n) is 2.66. The molecule has 0 bridgehead atoms. The van der Waals surface area contributed by atoms with Crippen LogP contribution in [0.5, 0.6) is 0 Å². The maximum atomic E-state index is 12.3. The average molecular weight is 433 g/mol. The van der Waals surface area contributed by atoms with Crippen molar-refractivity contribution < 1.29 is 14.7 Å². The Bertz CT molecular complexity index is 734. The summed E-state index contributed by atoms with van der Waals surface area (Å²) < 4.78 is 1.32. The van der Waals surface area contributed by atoms with Crippen molar-refractivity contribution in [1.29, 1.82) is 0 Å². The van der Waals surface area contributed by atoms with E-state index in [4.69, 9.17) is 16.7 Å². The first-order valence-corrected chi connectivity index (χ1v) is 7.64. The van der Waals surface area contributed by atoms with Crippen molar-refractivity contribution in [3.8, 4) is 0 Å². The second kappa shape index (κ2) is 6.60. The summed E-state index contributed by atoms with van der Waals surface area (Å²) >= 11 is 12.5. The summed E-state index contributed by atoms with van der Waals surface area (Å²) in [7, 11) is 0. The summed E-state index contributed by atoms with van der Waals surface area (Å²) in [6.07, 6.45) is 0. The number of carboxylic acid groups (broad SMARTS) is 1. The number of carboxylic acids is 1. The van der Waals surface area contributed by atoms with Crippen molar-refractivity contribution in [3.63, 3.8) is 0 Å². The highest BCUT2D eigenvalue weighted by Gasteiger charge is 2.18. The van der Waals surface area contributed by atoms with Gasteiger partial charge in [-0.05, 0) is 46.3 Å². The summed E-state index contributed by atoms with van der Waals surface area (Å²) in [6, 6.07) is 9.51. The predicted molar refractivity (Wildman–Crippen MR) is 88.2 cm³/mol. The second-order valence-electron chi connectivity index (χ2n) is 4.05. The summed E-state index contributed by atoms with van der Waals surface area (Å²) in [4.78, 5) is 23.5. The molecule has 7 heteroatoms. The van der Waals surface area contributed by atoms with E-state index in [1.54, 1.807) is 18.2 Å². The van der Waals surface area contributed by atoms with Crippen LogP contribution in [0, 0.1) is 0 Å². The maximum absolute atomic E-state index is 12.3. The number of hydrogen-bond acceptors (Lipinski definition) is 2. The third-order valence-corrected chi connectivity index (χ3v) is 4.16. The monoisotopic (exact) mass is 431 g/mol. The lowest BCUT2D eigenvalue weighted by Gasteiger charge is -2.11. The van der Waals surface area contributed by atoms with E-state index >= 15 is 0 Å². The molecule has 0 aliphatic rings. The largest absolute Gasteiger partial charge is 0.478 e. The van der Waals surface area contributed by atoms with Crippen LogP contribution < -0.4 is 5.32 Å². The Morgan fingerprint density at radius 3 is 2.48 bits per heavy atom. The van der Waals surface area contributed by atoms with Gasteiger partial charge in [-0.3, -0.25) is 4.79 Å². The average Bonchev–Trinajstić information content (AvgIpc) is 2.43. The molecule has 0 saturated carbocycles. The Labute approximate surface area is 142 Å². The molecule has 0 spiro atoms. The molecule has 0 aliphatic heterocycles. The number of amides is 1. The van der Waals surface area contributed by atoms with Crippen LogP contribution in [-0.2, 0) is 0 Å². The minimum absolute atomic E-state index is 0.0676. The zero-order valence-electron chi connectivity index (χ0n) is 10.4. The molecule has 0 radical (unpaired) electrons. The fraction of sp³-hybridized carbons (Fsp3) is 0. The van der Waals surface area contributed by atoms with Crippen LogP contribution in [0.15, 0.2) is 45.3 Å². The molecule has 0 unspecified atom stereocenters. The number of hydrogen-bond donors (Lipinski definition) is 2. The van der Waals surface area contributed by atoms with E-state index in [-0.39, 0.29) is 16.3 Å². The van der Waals surface area contributed by atoms with Crippen molar-refractivity contribution in [2.24, 2.45) is 0 Å². The van der Waals surface area contributed by atoms with Gasteiger partial charge in [0.25, 0.3) is 5.91 Å². The van der Waals surface area contributed by atoms with Gasteiger partial charge in [-0.2, -0.15) is 0 Å². The Balaban J connectivity index is 2.41. The molecule has 1 amide bonds. The maximum Gasteiger partial charge on any atom is 0.337 e. The van der Waals surface area contributed by atoms with E-state index in [1.165, 1.54) is 18.2 Å². The van der Waals surface area contributed by atoms with Gasteiger partial charge in [-0.25, -0.2) is 4.79 Å². The Morgan fingerprint density at radius 2 is 1.81 bits per heavy atom. The molecule has 2 aromatic rings. The SMILES string of the molecule is O=C(Nc1c(Cl)cccc1C(=O)O)c1cc(Br)ccc1Br. The second-order valence-corrected chi connectivity index (χ2v) is 6.22. The first-order chi connectivity index (χ1) is 9.90. The molecule has 0 heterocycles. The highest BCUT2D eigenvalue weighted by Crippen LogP contribution is 2.28. The molecule has 21 heavy (non-hydrogen) atoms. The van der Waals surface area contributed by atoms with Crippen LogP contribution in [-0.4, -0.2) is 17.0 Å². The first kappa shape index (κ1) is 16.0. The lowest BCUT2D eigenvalue weighted by Crippen LogP contribution is -2.15. The van der Waals surface area contributed by atoms with E-state index in [2.05, 4.69) is 37.2 Å². The number of rotatable bonds is 3. The van der Waals surface area contributed by atoms with Gasteiger partial charge in [0.1, 0.15) is 0 Å². The Kier molecular flexibility index (Phi) is 5.03. The number of benzene rings is 2. The number of anilines is 1. The molecule has 0 saturated heterocycles. The number of carbonyl (C=O) groups is 2. The van der Waals surface area contributed by atoms with Gasteiger partial charge in [0.05, 0.1) is 21.8 Å². The lowest BCUT2D eigenvalue weighted by atomic mass is 10.1. The minimum Gasteiger partial charge on any atom is -0.478 e. The lowest BCUT2D eigenvalue weighted by molar-refractivity contribution is 0.0698. The minimum atomic E-state index is -1.17. The van der Waals surface area contributed by atoms with Crippen LogP contribution in [0.1, 0.15) is 20.7 Å². The molecule has 0 aromatic heterocycles.